The van der Waals surface area contributed by atoms with Gasteiger partial charge in [0.2, 0.25) is 0 Å². The zero-order chi connectivity index (χ0) is 10.8. The first-order chi connectivity index (χ1) is 7.93. The van der Waals surface area contributed by atoms with E-state index in [9.17, 15) is 0 Å². The average Bonchev–Trinajstić information content (AvgIpc) is 2.32. The summed E-state index contributed by atoms with van der Waals surface area (Å²) in [5, 5.41) is 3.34. The second kappa shape index (κ2) is 3.93. The van der Waals surface area contributed by atoms with E-state index in [0.29, 0.717) is 5.92 Å². The fraction of sp³-hybridized carbons (Fsp3) is 0.231. The molecular weight excluding hydrogens is 198 g/mol. The summed E-state index contributed by atoms with van der Waals surface area (Å²) >= 11 is 0. The van der Waals surface area contributed by atoms with Crippen LogP contribution in [0.25, 0.3) is 0 Å². The minimum atomic E-state index is 0.631. The average molecular weight is 211 g/mol. The number of nitrogens with one attached hydrogen (secondary N) is 1. The van der Waals surface area contributed by atoms with Gasteiger partial charge in [0.15, 0.2) is 0 Å². The number of benzene rings is 1. The fourth-order valence-electron chi connectivity index (χ4n) is 2.17. The molecule has 0 radical (unpaired) electrons. The normalized spacial score (nSPS) is 17.4. The molecule has 1 N–H and O–H groups in total. The second-order valence-corrected chi connectivity index (χ2v) is 4.08. The van der Waals surface area contributed by atoms with Gasteiger partial charge in [0.05, 0.1) is 0 Å². The Morgan fingerprint density at radius 3 is 3.00 bits per heavy atom. The Bertz CT molecular complexity index is 482. The molecular formula is C13H13N3. The predicted octanol–water partition coefficient (Wildman–Crippen LogP) is 2.23. The summed E-state index contributed by atoms with van der Waals surface area (Å²) < 4.78 is 0. The van der Waals surface area contributed by atoms with Crippen LogP contribution < -0.4 is 5.32 Å². The standard InChI is InChI=1S/C13H13N3/c1-2-4-12-10(3-1)7-11(12)8-15-13-5-6-14-9-16-13/h1-6,9,11H,7-8H2,(H,14,15,16). The Kier molecular flexibility index (Phi) is 2.29. The van der Waals surface area contributed by atoms with Crippen molar-refractivity contribution in [2.45, 2.75) is 12.3 Å². The zero-order valence-corrected chi connectivity index (χ0v) is 8.93. The minimum absolute atomic E-state index is 0.631. The van der Waals surface area contributed by atoms with Crippen LogP contribution in [0, 0.1) is 0 Å². The second-order valence-electron chi connectivity index (χ2n) is 4.08. The first-order valence-corrected chi connectivity index (χ1v) is 5.51. The maximum Gasteiger partial charge on any atom is 0.129 e. The van der Waals surface area contributed by atoms with Gasteiger partial charge in [-0.1, -0.05) is 24.3 Å². The molecule has 16 heavy (non-hydrogen) atoms. The summed E-state index contributed by atoms with van der Waals surface area (Å²) in [6, 6.07) is 10.5. The Balaban J connectivity index is 1.63. The van der Waals surface area contributed by atoms with Crippen molar-refractivity contribution in [2.24, 2.45) is 0 Å². The highest BCUT2D eigenvalue weighted by Crippen LogP contribution is 2.34. The molecule has 3 heteroatoms. The molecule has 1 atom stereocenters. The molecule has 2 aromatic rings. The molecule has 0 fully saturated rings. The fourth-order valence-corrected chi connectivity index (χ4v) is 2.17. The van der Waals surface area contributed by atoms with E-state index in [1.165, 1.54) is 17.5 Å². The van der Waals surface area contributed by atoms with Crippen molar-refractivity contribution in [3.63, 3.8) is 0 Å². The summed E-state index contributed by atoms with van der Waals surface area (Å²) in [5.74, 6) is 1.53. The van der Waals surface area contributed by atoms with E-state index in [2.05, 4.69) is 39.6 Å². The highest BCUT2D eigenvalue weighted by atomic mass is 15.0. The van der Waals surface area contributed by atoms with Gasteiger partial charge in [0.25, 0.3) is 0 Å². The first kappa shape index (κ1) is 9.33. The predicted molar refractivity (Wildman–Crippen MR) is 63.4 cm³/mol. The number of nitrogens with zero attached hydrogens (tertiary/aromatic N) is 2. The van der Waals surface area contributed by atoms with Crippen LogP contribution in [0.2, 0.25) is 0 Å². The van der Waals surface area contributed by atoms with Gasteiger partial charge in [-0.3, -0.25) is 0 Å². The molecule has 0 saturated heterocycles. The van der Waals surface area contributed by atoms with Crippen LogP contribution in [0.15, 0.2) is 42.9 Å². The molecule has 1 heterocycles. The molecule has 1 aromatic carbocycles. The molecule has 0 bridgehead atoms. The van der Waals surface area contributed by atoms with Gasteiger partial charge >= 0.3 is 0 Å². The number of aromatic nitrogens is 2. The number of hydrogen-bond donors (Lipinski definition) is 1. The lowest BCUT2D eigenvalue weighted by Gasteiger charge is -2.30. The van der Waals surface area contributed by atoms with Crippen molar-refractivity contribution in [3.05, 3.63) is 54.0 Å². The molecule has 0 saturated carbocycles. The van der Waals surface area contributed by atoms with Crippen molar-refractivity contribution in [3.8, 4) is 0 Å². The third kappa shape index (κ3) is 1.65. The molecule has 1 aliphatic carbocycles. The summed E-state index contributed by atoms with van der Waals surface area (Å²) in [7, 11) is 0. The highest BCUT2D eigenvalue weighted by Gasteiger charge is 2.24. The van der Waals surface area contributed by atoms with Gasteiger partial charge in [0.1, 0.15) is 12.1 Å². The van der Waals surface area contributed by atoms with Crippen molar-refractivity contribution in [1.82, 2.24) is 9.97 Å². The van der Waals surface area contributed by atoms with Crippen LogP contribution in [0.4, 0.5) is 5.82 Å². The third-order valence-corrected chi connectivity index (χ3v) is 3.07. The van der Waals surface area contributed by atoms with E-state index in [-0.39, 0.29) is 0 Å². The molecule has 80 valence electrons. The van der Waals surface area contributed by atoms with Crippen molar-refractivity contribution >= 4 is 5.82 Å². The van der Waals surface area contributed by atoms with E-state index >= 15 is 0 Å². The lowest BCUT2D eigenvalue weighted by molar-refractivity contribution is 0.634. The van der Waals surface area contributed by atoms with Crippen LogP contribution >= 0.6 is 0 Å². The van der Waals surface area contributed by atoms with Gasteiger partial charge in [0, 0.05) is 18.7 Å². The van der Waals surface area contributed by atoms with Gasteiger partial charge < -0.3 is 5.32 Å². The molecule has 0 amide bonds. The lowest BCUT2D eigenvalue weighted by atomic mass is 9.78. The quantitative estimate of drug-likeness (QED) is 0.846. The zero-order valence-electron chi connectivity index (χ0n) is 8.93. The number of rotatable bonds is 3. The minimum Gasteiger partial charge on any atom is -0.369 e. The van der Waals surface area contributed by atoms with E-state index in [1.54, 1.807) is 12.5 Å². The highest BCUT2D eigenvalue weighted by molar-refractivity contribution is 5.42. The Morgan fingerprint density at radius 2 is 2.19 bits per heavy atom. The van der Waals surface area contributed by atoms with Gasteiger partial charge in [-0.15, -0.1) is 0 Å². The summed E-state index contributed by atoms with van der Waals surface area (Å²) in [5.41, 5.74) is 2.96. The third-order valence-electron chi connectivity index (χ3n) is 3.07. The van der Waals surface area contributed by atoms with Crippen LogP contribution in [-0.4, -0.2) is 16.5 Å². The van der Waals surface area contributed by atoms with E-state index in [1.807, 2.05) is 6.07 Å². The van der Waals surface area contributed by atoms with Crippen LogP contribution in [0.3, 0.4) is 0 Å². The number of anilines is 1. The Hall–Kier alpha value is -1.90. The molecule has 0 aliphatic heterocycles. The maximum atomic E-state index is 4.14. The molecule has 1 aromatic heterocycles. The monoisotopic (exact) mass is 211 g/mol. The summed E-state index contributed by atoms with van der Waals surface area (Å²) in [6.07, 6.45) is 4.50. The smallest absolute Gasteiger partial charge is 0.129 e. The van der Waals surface area contributed by atoms with Crippen LogP contribution in [-0.2, 0) is 6.42 Å². The summed E-state index contributed by atoms with van der Waals surface area (Å²) in [6.45, 7) is 0.952. The SMILES string of the molecule is c1ccc2c(c1)CC2CNc1ccncn1. The van der Waals surface area contributed by atoms with E-state index < -0.39 is 0 Å². The van der Waals surface area contributed by atoms with Gasteiger partial charge in [-0.05, 0) is 23.6 Å². The largest absolute Gasteiger partial charge is 0.369 e. The number of hydrogen-bond acceptors (Lipinski definition) is 3. The van der Waals surface area contributed by atoms with E-state index in [0.717, 1.165) is 12.4 Å². The van der Waals surface area contributed by atoms with Crippen LogP contribution in [0.1, 0.15) is 17.0 Å². The van der Waals surface area contributed by atoms with Gasteiger partial charge in [-0.25, -0.2) is 9.97 Å². The van der Waals surface area contributed by atoms with Crippen LogP contribution in [0.5, 0.6) is 0 Å². The van der Waals surface area contributed by atoms with Crippen molar-refractivity contribution < 1.29 is 0 Å². The lowest BCUT2D eigenvalue weighted by Crippen LogP contribution is -2.24. The van der Waals surface area contributed by atoms with Crippen molar-refractivity contribution in [2.75, 3.05) is 11.9 Å². The maximum absolute atomic E-state index is 4.14. The summed E-state index contributed by atoms with van der Waals surface area (Å²) in [4.78, 5) is 8.03. The topological polar surface area (TPSA) is 37.8 Å². The Morgan fingerprint density at radius 1 is 1.25 bits per heavy atom. The molecule has 1 unspecified atom stereocenters. The molecule has 3 rings (SSSR count). The van der Waals surface area contributed by atoms with Crippen molar-refractivity contribution in [1.29, 1.82) is 0 Å². The molecule has 3 nitrogen and oxygen atoms in total. The number of fused-ring (bicyclic) bond motifs is 1. The van der Waals surface area contributed by atoms with Gasteiger partial charge in [-0.2, -0.15) is 0 Å². The molecule has 0 spiro atoms. The molecule has 1 aliphatic rings. The first-order valence-electron chi connectivity index (χ1n) is 5.51. The van der Waals surface area contributed by atoms with E-state index in [4.69, 9.17) is 0 Å². The Labute approximate surface area is 94.6 Å².